The summed E-state index contributed by atoms with van der Waals surface area (Å²) >= 11 is 0. The molecule has 0 aliphatic carbocycles. The van der Waals surface area contributed by atoms with Gasteiger partial charge in [0.25, 0.3) is 0 Å². The number of nitrogens with two attached hydrogens (primary N) is 1. The van der Waals surface area contributed by atoms with Crippen molar-refractivity contribution in [2.75, 3.05) is 6.61 Å². The van der Waals surface area contributed by atoms with E-state index in [0.717, 1.165) is 23.5 Å². The molecule has 0 bridgehead atoms. The monoisotopic (exact) mass is 209 g/mol. The van der Waals surface area contributed by atoms with Gasteiger partial charge in [0.05, 0.1) is 6.61 Å². The Bertz CT molecular complexity index is 363. The van der Waals surface area contributed by atoms with Gasteiger partial charge in [-0.2, -0.15) is 0 Å². The SMILES string of the molecule is CC1(C)Oc2ccc(CCON)cc2O1. The Hall–Kier alpha value is -1.26. The third kappa shape index (κ3) is 2.22. The van der Waals surface area contributed by atoms with Crippen molar-refractivity contribution in [2.24, 2.45) is 5.90 Å². The minimum Gasteiger partial charge on any atom is -0.449 e. The molecule has 0 unspecified atom stereocenters. The number of rotatable bonds is 3. The van der Waals surface area contributed by atoms with Crippen molar-refractivity contribution in [3.05, 3.63) is 23.8 Å². The van der Waals surface area contributed by atoms with Crippen LogP contribution in [-0.4, -0.2) is 12.4 Å². The molecule has 1 heterocycles. The maximum atomic E-state index is 5.62. The van der Waals surface area contributed by atoms with Crippen LogP contribution in [0.1, 0.15) is 19.4 Å². The Morgan fingerprint density at radius 1 is 1.27 bits per heavy atom. The molecule has 2 N–H and O–H groups in total. The molecule has 0 spiro atoms. The highest BCUT2D eigenvalue weighted by Gasteiger charge is 2.31. The van der Waals surface area contributed by atoms with Crippen LogP contribution < -0.4 is 15.4 Å². The van der Waals surface area contributed by atoms with Gasteiger partial charge in [-0.15, -0.1) is 0 Å². The van der Waals surface area contributed by atoms with Gasteiger partial charge in [0, 0.05) is 13.8 Å². The molecule has 0 fully saturated rings. The van der Waals surface area contributed by atoms with Gasteiger partial charge in [0.15, 0.2) is 11.5 Å². The van der Waals surface area contributed by atoms with Crippen LogP contribution in [0.15, 0.2) is 18.2 Å². The van der Waals surface area contributed by atoms with E-state index in [1.807, 2.05) is 32.0 Å². The standard InChI is InChI=1S/C11H15NO3/c1-11(2)14-9-4-3-8(5-6-13-12)7-10(9)15-11/h3-4,7H,5-6,12H2,1-2H3. The fraction of sp³-hybridized carbons (Fsp3) is 0.455. The summed E-state index contributed by atoms with van der Waals surface area (Å²) in [7, 11) is 0. The van der Waals surface area contributed by atoms with Crippen molar-refractivity contribution < 1.29 is 14.3 Å². The molecule has 0 amide bonds. The van der Waals surface area contributed by atoms with E-state index >= 15 is 0 Å². The molecule has 4 nitrogen and oxygen atoms in total. The summed E-state index contributed by atoms with van der Waals surface area (Å²) in [4.78, 5) is 4.53. The average Bonchev–Trinajstić information content (AvgIpc) is 2.47. The second-order valence-electron chi connectivity index (χ2n) is 4.01. The van der Waals surface area contributed by atoms with E-state index in [1.54, 1.807) is 0 Å². The van der Waals surface area contributed by atoms with Crippen LogP contribution in [0.2, 0.25) is 0 Å². The van der Waals surface area contributed by atoms with Crippen molar-refractivity contribution in [1.29, 1.82) is 0 Å². The minimum atomic E-state index is -0.564. The molecule has 2 rings (SSSR count). The van der Waals surface area contributed by atoms with Crippen molar-refractivity contribution in [3.8, 4) is 11.5 Å². The lowest BCUT2D eigenvalue weighted by Crippen LogP contribution is -2.29. The molecule has 0 radical (unpaired) electrons. The number of ether oxygens (including phenoxy) is 2. The molecule has 1 aromatic carbocycles. The Morgan fingerprint density at radius 2 is 2.00 bits per heavy atom. The van der Waals surface area contributed by atoms with Gasteiger partial charge in [-0.05, 0) is 24.1 Å². The van der Waals surface area contributed by atoms with Crippen molar-refractivity contribution in [1.82, 2.24) is 0 Å². The van der Waals surface area contributed by atoms with E-state index in [0.29, 0.717) is 6.61 Å². The number of fused-ring (bicyclic) bond motifs is 1. The lowest BCUT2D eigenvalue weighted by atomic mass is 10.1. The van der Waals surface area contributed by atoms with E-state index < -0.39 is 5.79 Å². The van der Waals surface area contributed by atoms with Crippen LogP contribution in [0.5, 0.6) is 11.5 Å². The first kappa shape index (κ1) is 10.3. The number of benzene rings is 1. The van der Waals surface area contributed by atoms with Crippen molar-refractivity contribution >= 4 is 0 Å². The molecule has 0 aromatic heterocycles. The Balaban J connectivity index is 2.15. The summed E-state index contributed by atoms with van der Waals surface area (Å²) in [5, 5.41) is 0. The van der Waals surface area contributed by atoms with Gasteiger partial charge in [-0.1, -0.05) is 6.07 Å². The van der Waals surface area contributed by atoms with Crippen LogP contribution in [0, 0.1) is 0 Å². The summed E-state index contributed by atoms with van der Waals surface area (Å²) in [6.45, 7) is 4.27. The van der Waals surface area contributed by atoms with Crippen LogP contribution in [0.4, 0.5) is 0 Å². The van der Waals surface area contributed by atoms with Gasteiger partial charge in [0.2, 0.25) is 5.79 Å². The molecular weight excluding hydrogens is 194 g/mol. The van der Waals surface area contributed by atoms with Crippen LogP contribution in [0.3, 0.4) is 0 Å². The normalized spacial score (nSPS) is 16.7. The molecular formula is C11H15NO3. The van der Waals surface area contributed by atoms with Crippen molar-refractivity contribution in [3.63, 3.8) is 0 Å². The summed E-state index contributed by atoms with van der Waals surface area (Å²) in [5.41, 5.74) is 1.13. The molecule has 0 atom stereocenters. The molecule has 4 heteroatoms. The zero-order valence-electron chi connectivity index (χ0n) is 8.95. The smallest absolute Gasteiger partial charge is 0.246 e. The molecule has 1 aliphatic rings. The Labute approximate surface area is 88.9 Å². The summed E-state index contributed by atoms with van der Waals surface area (Å²) in [6.07, 6.45) is 0.771. The lowest BCUT2D eigenvalue weighted by Gasteiger charge is -2.16. The summed E-state index contributed by atoms with van der Waals surface area (Å²) in [5.74, 6) is 5.99. The highest BCUT2D eigenvalue weighted by Crippen LogP contribution is 2.39. The van der Waals surface area contributed by atoms with E-state index in [4.69, 9.17) is 15.4 Å². The maximum Gasteiger partial charge on any atom is 0.246 e. The molecule has 1 aliphatic heterocycles. The van der Waals surface area contributed by atoms with Crippen LogP contribution in [0.25, 0.3) is 0 Å². The third-order valence-electron chi connectivity index (χ3n) is 2.23. The molecule has 82 valence electrons. The highest BCUT2D eigenvalue weighted by atomic mass is 16.7. The average molecular weight is 209 g/mol. The Morgan fingerprint density at radius 3 is 2.73 bits per heavy atom. The first-order valence-electron chi connectivity index (χ1n) is 4.93. The first-order valence-corrected chi connectivity index (χ1v) is 4.93. The van der Waals surface area contributed by atoms with Crippen molar-refractivity contribution in [2.45, 2.75) is 26.1 Å². The number of hydrogen-bond donors (Lipinski definition) is 1. The molecule has 0 saturated carbocycles. The minimum absolute atomic E-state index is 0.503. The maximum absolute atomic E-state index is 5.62. The quantitative estimate of drug-likeness (QED) is 0.769. The van der Waals surface area contributed by atoms with Gasteiger partial charge in [-0.25, -0.2) is 5.90 Å². The first-order chi connectivity index (χ1) is 7.11. The zero-order chi connectivity index (χ0) is 10.9. The molecule has 1 aromatic rings. The van der Waals surface area contributed by atoms with Crippen LogP contribution in [-0.2, 0) is 11.3 Å². The fourth-order valence-corrected chi connectivity index (χ4v) is 1.60. The zero-order valence-corrected chi connectivity index (χ0v) is 8.95. The largest absolute Gasteiger partial charge is 0.449 e. The van der Waals surface area contributed by atoms with E-state index in [2.05, 4.69) is 4.84 Å². The second kappa shape index (κ2) is 3.72. The fourth-order valence-electron chi connectivity index (χ4n) is 1.60. The van der Waals surface area contributed by atoms with E-state index in [1.165, 1.54) is 0 Å². The van der Waals surface area contributed by atoms with Gasteiger partial charge >= 0.3 is 0 Å². The predicted molar refractivity (Wildman–Crippen MR) is 55.6 cm³/mol. The summed E-state index contributed by atoms with van der Waals surface area (Å²) in [6, 6.07) is 5.86. The second-order valence-corrected chi connectivity index (χ2v) is 4.01. The van der Waals surface area contributed by atoms with Gasteiger partial charge < -0.3 is 14.3 Å². The number of hydrogen-bond acceptors (Lipinski definition) is 4. The van der Waals surface area contributed by atoms with Crippen LogP contribution >= 0.6 is 0 Å². The highest BCUT2D eigenvalue weighted by molar-refractivity contribution is 5.45. The predicted octanol–water partition coefficient (Wildman–Crippen LogP) is 1.63. The summed E-state index contributed by atoms with van der Waals surface area (Å²) < 4.78 is 11.2. The lowest BCUT2D eigenvalue weighted by molar-refractivity contribution is -0.0431. The van der Waals surface area contributed by atoms with E-state index in [-0.39, 0.29) is 0 Å². The molecule has 15 heavy (non-hydrogen) atoms. The van der Waals surface area contributed by atoms with Gasteiger partial charge in [-0.3, -0.25) is 0 Å². The van der Waals surface area contributed by atoms with E-state index in [9.17, 15) is 0 Å². The van der Waals surface area contributed by atoms with Gasteiger partial charge in [0.1, 0.15) is 0 Å². The Kier molecular flexibility index (Phi) is 2.54. The molecule has 0 saturated heterocycles. The topological polar surface area (TPSA) is 53.7 Å². The third-order valence-corrected chi connectivity index (χ3v) is 2.23.